The molecule has 2 aromatic rings. The molecular formula is C23H28Cl2N2O5S. The van der Waals surface area contributed by atoms with Crippen LogP contribution in [0.1, 0.15) is 36.9 Å². The molecule has 1 saturated heterocycles. The van der Waals surface area contributed by atoms with Crippen LogP contribution >= 0.6 is 23.2 Å². The standard InChI is InChI=1S/C23H28Cl2N2O5S/c1-15(18-12-17(31-2)9-10-22(18)32-3)26-23(28)16-6-5-11-27(13-16)33(29,30)14-19-20(24)7-4-8-21(19)25/h4,7-10,12,15-16H,5-6,11,13-14H2,1-3H3,(H,26,28)/t15-,16-/m1/s1. The number of rotatable bonds is 8. The van der Waals surface area contributed by atoms with E-state index in [0.717, 1.165) is 5.56 Å². The highest BCUT2D eigenvalue weighted by Gasteiger charge is 2.33. The average molecular weight is 515 g/mol. The molecule has 0 unspecified atom stereocenters. The SMILES string of the molecule is COc1ccc(OC)c([C@@H](C)NC(=O)[C@@H]2CCCN(S(=O)(=O)Cc3c(Cl)cccc3Cl)C2)c1. The van der Waals surface area contributed by atoms with Gasteiger partial charge in [0.25, 0.3) is 0 Å². The fourth-order valence-electron chi connectivity index (χ4n) is 3.94. The zero-order valence-electron chi connectivity index (χ0n) is 18.8. The Balaban J connectivity index is 1.70. The number of hydrogen-bond donors (Lipinski definition) is 1. The van der Waals surface area contributed by atoms with Gasteiger partial charge in [-0.2, -0.15) is 0 Å². The van der Waals surface area contributed by atoms with Gasteiger partial charge in [-0.3, -0.25) is 4.79 Å². The third kappa shape index (κ3) is 6.12. The van der Waals surface area contributed by atoms with E-state index in [4.69, 9.17) is 32.7 Å². The largest absolute Gasteiger partial charge is 0.497 e. The van der Waals surface area contributed by atoms with E-state index in [-0.39, 0.29) is 24.2 Å². The molecule has 33 heavy (non-hydrogen) atoms. The minimum Gasteiger partial charge on any atom is -0.497 e. The second kappa shape index (κ2) is 11.0. The van der Waals surface area contributed by atoms with E-state index in [1.54, 1.807) is 44.6 Å². The monoisotopic (exact) mass is 514 g/mol. The molecule has 0 bridgehead atoms. The molecule has 180 valence electrons. The zero-order valence-corrected chi connectivity index (χ0v) is 21.1. The molecule has 1 N–H and O–H groups in total. The zero-order chi connectivity index (χ0) is 24.2. The quantitative estimate of drug-likeness (QED) is 0.563. The van der Waals surface area contributed by atoms with Crippen LogP contribution in [-0.2, 0) is 20.6 Å². The number of carbonyl (C=O) groups is 1. The number of amides is 1. The van der Waals surface area contributed by atoms with Crippen LogP contribution in [-0.4, -0.2) is 45.9 Å². The number of piperidine rings is 1. The van der Waals surface area contributed by atoms with Gasteiger partial charge in [0, 0.05) is 34.3 Å². The summed E-state index contributed by atoms with van der Waals surface area (Å²) >= 11 is 12.3. The summed E-state index contributed by atoms with van der Waals surface area (Å²) in [6.45, 7) is 2.32. The highest BCUT2D eigenvalue weighted by atomic mass is 35.5. The maximum atomic E-state index is 13.1. The Morgan fingerprint density at radius 1 is 1.18 bits per heavy atom. The van der Waals surface area contributed by atoms with Crippen LogP contribution in [0.25, 0.3) is 0 Å². The van der Waals surface area contributed by atoms with Crippen molar-refractivity contribution in [2.24, 2.45) is 5.92 Å². The number of halogens is 2. The Hall–Kier alpha value is -2.00. The van der Waals surface area contributed by atoms with E-state index < -0.39 is 15.9 Å². The van der Waals surface area contributed by atoms with Gasteiger partial charge in [-0.05, 0) is 50.1 Å². The third-order valence-electron chi connectivity index (χ3n) is 5.80. The first-order chi connectivity index (χ1) is 15.7. The van der Waals surface area contributed by atoms with Crippen LogP contribution in [0.3, 0.4) is 0 Å². The fraction of sp³-hybridized carbons (Fsp3) is 0.435. The summed E-state index contributed by atoms with van der Waals surface area (Å²) in [5.41, 5.74) is 1.14. The predicted octanol–water partition coefficient (Wildman–Crippen LogP) is 4.43. The van der Waals surface area contributed by atoms with E-state index in [1.807, 2.05) is 13.0 Å². The molecule has 3 rings (SSSR count). The van der Waals surface area contributed by atoms with Crippen molar-refractivity contribution < 1.29 is 22.7 Å². The minimum atomic E-state index is -3.70. The second-order valence-electron chi connectivity index (χ2n) is 7.99. The Bertz CT molecular complexity index is 1090. The lowest BCUT2D eigenvalue weighted by Crippen LogP contribution is -2.46. The van der Waals surface area contributed by atoms with Gasteiger partial charge in [0.05, 0.1) is 31.9 Å². The lowest BCUT2D eigenvalue weighted by atomic mass is 9.97. The van der Waals surface area contributed by atoms with Crippen LogP contribution in [0.2, 0.25) is 10.0 Å². The maximum Gasteiger partial charge on any atom is 0.224 e. The van der Waals surface area contributed by atoms with Gasteiger partial charge in [-0.25, -0.2) is 12.7 Å². The van der Waals surface area contributed by atoms with Gasteiger partial charge < -0.3 is 14.8 Å². The van der Waals surface area contributed by atoms with Gasteiger partial charge in [-0.1, -0.05) is 29.3 Å². The molecule has 0 radical (unpaired) electrons. The molecule has 7 nitrogen and oxygen atoms in total. The molecule has 1 aliphatic rings. The maximum absolute atomic E-state index is 13.1. The predicted molar refractivity (Wildman–Crippen MR) is 129 cm³/mol. The first kappa shape index (κ1) is 25.6. The van der Waals surface area contributed by atoms with E-state index in [1.165, 1.54) is 4.31 Å². The molecule has 0 spiro atoms. The highest BCUT2D eigenvalue weighted by molar-refractivity contribution is 7.88. The van der Waals surface area contributed by atoms with Crippen molar-refractivity contribution >= 4 is 39.1 Å². The molecule has 2 atom stereocenters. The van der Waals surface area contributed by atoms with E-state index in [0.29, 0.717) is 46.5 Å². The van der Waals surface area contributed by atoms with Crippen molar-refractivity contribution in [3.8, 4) is 11.5 Å². The number of nitrogens with one attached hydrogen (secondary N) is 1. The summed E-state index contributed by atoms with van der Waals surface area (Å²) in [5, 5.41) is 3.60. The van der Waals surface area contributed by atoms with Crippen molar-refractivity contribution in [1.29, 1.82) is 0 Å². The Morgan fingerprint density at radius 2 is 1.88 bits per heavy atom. The van der Waals surface area contributed by atoms with E-state index in [9.17, 15) is 13.2 Å². The van der Waals surface area contributed by atoms with Crippen molar-refractivity contribution in [1.82, 2.24) is 9.62 Å². The number of benzene rings is 2. The summed E-state index contributed by atoms with van der Waals surface area (Å²) in [6, 6.07) is 9.92. The van der Waals surface area contributed by atoms with Crippen molar-refractivity contribution in [3.63, 3.8) is 0 Å². The summed E-state index contributed by atoms with van der Waals surface area (Å²) in [4.78, 5) is 13.0. The molecule has 1 fully saturated rings. The van der Waals surface area contributed by atoms with E-state index in [2.05, 4.69) is 5.32 Å². The molecule has 0 aliphatic carbocycles. The average Bonchev–Trinajstić information content (AvgIpc) is 2.81. The molecule has 0 saturated carbocycles. The third-order valence-corrected chi connectivity index (χ3v) is 8.28. The number of nitrogens with zero attached hydrogens (tertiary/aromatic N) is 1. The van der Waals surface area contributed by atoms with E-state index >= 15 is 0 Å². The Kier molecular flexibility index (Phi) is 8.50. The number of ether oxygens (including phenoxy) is 2. The number of sulfonamides is 1. The summed E-state index contributed by atoms with van der Waals surface area (Å²) in [5.74, 6) is 0.308. The van der Waals surface area contributed by atoms with Gasteiger partial charge in [0.2, 0.25) is 15.9 Å². The lowest BCUT2D eigenvalue weighted by molar-refractivity contribution is -0.126. The molecule has 1 heterocycles. The molecule has 1 aliphatic heterocycles. The minimum absolute atomic E-state index is 0.109. The normalized spacial score (nSPS) is 17.9. The second-order valence-corrected chi connectivity index (χ2v) is 10.8. The van der Waals surface area contributed by atoms with Crippen LogP contribution < -0.4 is 14.8 Å². The summed E-state index contributed by atoms with van der Waals surface area (Å²) in [7, 11) is -0.565. The number of methoxy groups -OCH3 is 2. The molecule has 0 aromatic heterocycles. The van der Waals surface area contributed by atoms with Crippen molar-refractivity contribution in [2.45, 2.75) is 31.6 Å². The topological polar surface area (TPSA) is 84.9 Å². The summed E-state index contributed by atoms with van der Waals surface area (Å²) < 4.78 is 38.2. The van der Waals surface area contributed by atoms with Crippen molar-refractivity contribution in [3.05, 3.63) is 57.6 Å². The van der Waals surface area contributed by atoms with Crippen LogP contribution in [0.15, 0.2) is 36.4 Å². The van der Waals surface area contributed by atoms with Crippen LogP contribution in [0.4, 0.5) is 0 Å². The number of carbonyl (C=O) groups excluding carboxylic acids is 1. The number of hydrogen-bond acceptors (Lipinski definition) is 5. The summed E-state index contributed by atoms with van der Waals surface area (Å²) in [6.07, 6.45) is 1.19. The Labute approximate surface area is 205 Å². The van der Waals surface area contributed by atoms with Crippen molar-refractivity contribution in [2.75, 3.05) is 27.3 Å². The first-order valence-corrected chi connectivity index (χ1v) is 13.0. The fourth-order valence-corrected chi connectivity index (χ4v) is 6.30. The van der Waals surface area contributed by atoms with Gasteiger partial charge in [0.1, 0.15) is 11.5 Å². The molecule has 10 heteroatoms. The molecule has 1 amide bonds. The van der Waals surface area contributed by atoms with Gasteiger partial charge in [-0.15, -0.1) is 0 Å². The first-order valence-electron chi connectivity index (χ1n) is 10.6. The van der Waals surface area contributed by atoms with Crippen LogP contribution in [0, 0.1) is 5.92 Å². The van der Waals surface area contributed by atoms with Gasteiger partial charge in [0.15, 0.2) is 0 Å². The smallest absolute Gasteiger partial charge is 0.224 e. The molecular weight excluding hydrogens is 487 g/mol. The molecule has 2 aromatic carbocycles. The Morgan fingerprint density at radius 3 is 2.52 bits per heavy atom. The highest BCUT2D eigenvalue weighted by Crippen LogP contribution is 2.31. The van der Waals surface area contributed by atoms with Gasteiger partial charge >= 0.3 is 0 Å². The van der Waals surface area contributed by atoms with Crippen LogP contribution in [0.5, 0.6) is 11.5 Å². The lowest BCUT2D eigenvalue weighted by Gasteiger charge is -2.32.